The molecule has 44 nitrogen and oxygen atoms in total. The van der Waals surface area contributed by atoms with Crippen molar-refractivity contribution in [3.8, 4) is 0 Å². The third-order valence-corrected chi connectivity index (χ3v) is 16.0. The van der Waals surface area contributed by atoms with Gasteiger partial charge >= 0.3 is 11.9 Å². The van der Waals surface area contributed by atoms with Crippen LogP contribution in [0.1, 0.15) is 116 Å². The Bertz CT molecular complexity index is 3090. The minimum atomic E-state index is -2.00. The zero-order valence-electron chi connectivity index (χ0n) is 61.9. The fraction of sp³-hybridized carbons (Fsp3) is 0.714. The van der Waals surface area contributed by atoms with E-state index < -0.39 is 286 Å². The molecule has 16 amide bonds. The van der Waals surface area contributed by atoms with Crippen LogP contribution < -0.4 is 90.8 Å². The Morgan fingerprint density at radius 1 is 0.327 bits per heavy atom. The summed E-state index contributed by atoms with van der Waals surface area (Å²) in [6.07, 6.45) is -4.05. The van der Waals surface area contributed by atoms with Gasteiger partial charge in [-0.1, -0.05) is 61.8 Å². The average Bonchev–Trinajstić information content (AvgIpc) is 0.869. The lowest BCUT2D eigenvalue weighted by molar-refractivity contribution is -0.144. The molecule has 0 radical (unpaired) electrons. The van der Waals surface area contributed by atoms with Gasteiger partial charge in [-0.15, -0.1) is 0 Å². The Labute approximate surface area is 616 Å². The predicted molar refractivity (Wildman–Crippen MR) is 370 cm³/mol. The zero-order chi connectivity index (χ0) is 82.6. The van der Waals surface area contributed by atoms with Crippen LogP contribution in [0.2, 0.25) is 0 Å². The van der Waals surface area contributed by atoms with Gasteiger partial charge in [-0.25, -0.2) is 4.79 Å². The number of aliphatic hydroxyl groups excluding tert-OH is 7. The first-order chi connectivity index (χ1) is 49.8. The Morgan fingerprint density at radius 2 is 0.626 bits per heavy atom. The van der Waals surface area contributed by atoms with Crippen molar-refractivity contribution in [2.75, 3.05) is 46.1 Å². The van der Waals surface area contributed by atoms with Crippen molar-refractivity contribution in [1.29, 1.82) is 0 Å². The van der Waals surface area contributed by atoms with Crippen LogP contribution in [-0.4, -0.2) is 301 Å². The highest BCUT2D eigenvalue weighted by molar-refractivity contribution is 6.00. The van der Waals surface area contributed by atoms with E-state index in [1.54, 1.807) is 41.5 Å². The van der Waals surface area contributed by atoms with Crippen molar-refractivity contribution in [1.82, 2.24) is 85.1 Å². The molecule has 608 valence electrons. The number of hydrogen-bond donors (Lipinski definition) is 26. The second kappa shape index (κ2) is 48.4. The minimum Gasteiger partial charge on any atom is -0.481 e. The number of nitrogens with one attached hydrogen (secondary N) is 16. The van der Waals surface area contributed by atoms with E-state index in [9.17, 15) is 127 Å². The lowest BCUT2D eigenvalue weighted by atomic mass is 9.96. The van der Waals surface area contributed by atoms with Gasteiger partial charge in [0.15, 0.2) is 0 Å². The molecule has 0 rings (SSSR count). The molecule has 0 aromatic rings. The van der Waals surface area contributed by atoms with Crippen molar-refractivity contribution in [2.24, 2.45) is 29.4 Å². The van der Waals surface area contributed by atoms with Crippen molar-refractivity contribution < 1.29 is 132 Å². The highest BCUT2D eigenvalue weighted by atomic mass is 16.4. The fourth-order valence-corrected chi connectivity index (χ4v) is 9.20. The van der Waals surface area contributed by atoms with Gasteiger partial charge in [-0.3, -0.25) is 81.5 Å². The Balaban J connectivity index is 5.80. The molecular formula is C63H109N17O27. The molecular weight excluding hydrogens is 1430 g/mol. The number of nitrogens with two attached hydrogens (primary N) is 1. The van der Waals surface area contributed by atoms with E-state index in [2.05, 4.69) is 69.1 Å². The normalized spacial score (nSPS) is 16.3. The van der Waals surface area contributed by atoms with E-state index in [-0.39, 0.29) is 18.8 Å². The predicted octanol–water partition coefficient (Wildman–Crippen LogP) is -12.5. The second-order valence-electron chi connectivity index (χ2n) is 26.3. The topological polar surface area (TPSA) is 708 Å². The summed E-state index contributed by atoms with van der Waals surface area (Å²) in [4.78, 5) is 234. The smallest absolute Gasteiger partial charge is 0.326 e. The molecule has 18 atom stereocenters. The Morgan fingerprint density at radius 3 is 0.972 bits per heavy atom. The number of hydrogen-bond acceptors (Lipinski definition) is 26. The highest BCUT2D eigenvalue weighted by Gasteiger charge is 2.38. The van der Waals surface area contributed by atoms with Crippen LogP contribution >= 0.6 is 0 Å². The van der Waals surface area contributed by atoms with Crippen LogP contribution in [0, 0.1) is 23.7 Å². The van der Waals surface area contributed by atoms with Gasteiger partial charge in [0.25, 0.3) is 0 Å². The number of amides is 16. The number of aliphatic carboxylic acids is 2. The van der Waals surface area contributed by atoms with E-state index in [1.807, 2.05) is 16.0 Å². The van der Waals surface area contributed by atoms with Gasteiger partial charge in [0.1, 0.15) is 90.6 Å². The molecule has 0 aromatic carbocycles. The fourth-order valence-electron chi connectivity index (χ4n) is 9.20. The molecule has 0 saturated heterocycles. The molecule has 0 bridgehead atoms. The summed E-state index contributed by atoms with van der Waals surface area (Å²) in [6, 6.07) is -24.1. The number of carbonyl (C=O) groups is 18. The van der Waals surface area contributed by atoms with Crippen LogP contribution in [0.5, 0.6) is 0 Å². The third kappa shape index (κ3) is 34.5. The standard InChI is InChI=1S/C63H109N17O27/c1-14-28(8)47(61(104)73-35(17-25(2)3)52(95)74-39(23-84)55(98)72-34(63(106)107)15-16-43(90)91)79-56(99)37(21-82)71-42(89)19-66-59(102)45(26(4)5)77-50(93)30(10)67-49(92)29(9)68-53(96)38(22-83)76-62(105)48(33(13)87)80-57(100)40(24-85)75-54(97)36(20-81)70-41(88)18-65-60(103)46(27(6)7)78-51(94)31(11)69-58(101)44(64)32(12)86/h25-40,44-48,81-87H,14-24,64H2,1-13H3,(H,65,103)(H,66,102)(H,67,92)(H,68,96)(H,69,101)(H,70,88)(H,71,89)(H,72,98)(H,73,104)(H,74,95)(H,75,97)(H,76,105)(H,77,93)(H,78,94)(H,79,99)(H,80,100)(H,90,91)(H,106,107)/t28-,29-,30-,31-,32+,33+,34-,35-,36-,37-,38-,39-,40-,44-,45-,46-,47-,48-/m0/s1. The van der Waals surface area contributed by atoms with Crippen molar-refractivity contribution in [3.63, 3.8) is 0 Å². The van der Waals surface area contributed by atoms with Gasteiger partial charge in [-0.05, 0) is 71.1 Å². The first-order valence-corrected chi connectivity index (χ1v) is 34.2. The largest absolute Gasteiger partial charge is 0.481 e. The summed E-state index contributed by atoms with van der Waals surface area (Å²) in [5, 5.41) is 124. The SMILES string of the molecule is CC[C@H](C)[C@H](NC(=O)[C@H](CO)NC(=O)CNC(=O)[C@@H](NC(=O)[C@H](C)NC(=O)[C@H](C)NC(=O)[C@H](CO)NC(=O)[C@@H](NC(=O)[C@H](CO)NC(=O)[C@H](CO)NC(=O)CNC(=O)[C@@H](NC(=O)[C@H](C)NC(=O)[C@@H](N)[C@@H](C)O)C(C)C)[C@@H](C)O)C(C)C)C(=O)N[C@@H](CC(C)C)C(=O)N[C@@H](CO)C(=O)N[C@@H](CCC(=O)O)C(=O)O. The molecule has 0 fully saturated rings. The monoisotopic (exact) mass is 1540 g/mol. The van der Waals surface area contributed by atoms with Gasteiger partial charge < -0.3 is 137 Å². The summed E-state index contributed by atoms with van der Waals surface area (Å²) < 4.78 is 0. The van der Waals surface area contributed by atoms with Crippen LogP contribution in [0.25, 0.3) is 0 Å². The second-order valence-corrected chi connectivity index (χ2v) is 26.3. The number of rotatable bonds is 49. The van der Waals surface area contributed by atoms with E-state index in [0.29, 0.717) is 0 Å². The summed E-state index contributed by atoms with van der Waals surface area (Å²) >= 11 is 0. The van der Waals surface area contributed by atoms with E-state index in [4.69, 9.17) is 10.8 Å². The number of carboxylic acid groups (broad SMARTS) is 2. The Hall–Kier alpha value is -9.86. The van der Waals surface area contributed by atoms with E-state index >= 15 is 0 Å². The minimum absolute atomic E-state index is 0.0746. The van der Waals surface area contributed by atoms with Crippen molar-refractivity contribution >= 4 is 106 Å². The lowest BCUT2D eigenvalue weighted by Gasteiger charge is -2.29. The van der Waals surface area contributed by atoms with Gasteiger partial charge in [-0.2, -0.15) is 0 Å². The lowest BCUT2D eigenvalue weighted by Crippen LogP contribution is -2.62. The first kappa shape index (κ1) is 97.1. The van der Waals surface area contributed by atoms with Crippen LogP contribution in [0.15, 0.2) is 0 Å². The zero-order valence-corrected chi connectivity index (χ0v) is 61.9. The average molecular weight is 1540 g/mol. The van der Waals surface area contributed by atoms with Crippen molar-refractivity contribution in [2.45, 2.75) is 219 Å². The maximum absolute atomic E-state index is 13.9. The molecule has 0 unspecified atom stereocenters. The molecule has 0 aliphatic carbocycles. The van der Waals surface area contributed by atoms with Crippen LogP contribution in [0.3, 0.4) is 0 Å². The summed E-state index contributed by atoms with van der Waals surface area (Å²) in [7, 11) is 0. The number of carbonyl (C=O) groups excluding carboxylic acids is 16. The molecule has 0 spiro atoms. The number of carboxylic acids is 2. The molecule has 0 aliphatic heterocycles. The van der Waals surface area contributed by atoms with Gasteiger partial charge in [0.05, 0.1) is 58.3 Å². The van der Waals surface area contributed by atoms with Crippen LogP contribution in [0.4, 0.5) is 0 Å². The summed E-state index contributed by atoms with van der Waals surface area (Å²) in [5.74, 6) is -22.4. The number of aliphatic hydroxyl groups is 7. The molecule has 27 N–H and O–H groups in total. The van der Waals surface area contributed by atoms with E-state index in [1.165, 1.54) is 34.6 Å². The van der Waals surface area contributed by atoms with Crippen molar-refractivity contribution in [3.05, 3.63) is 0 Å². The molecule has 44 heteroatoms. The molecule has 0 aliphatic rings. The third-order valence-electron chi connectivity index (χ3n) is 16.0. The van der Waals surface area contributed by atoms with Crippen LogP contribution in [-0.2, 0) is 86.3 Å². The maximum atomic E-state index is 13.9. The van der Waals surface area contributed by atoms with E-state index in [0.717, 1.165) is 13.8 Å². The highest BCUT2D eigenvalue weighted by Crippen LogP contribution is 2.13. The van der Waals surface area contributed by atoms with Gasteiger partial charge in [0, 0.05) is 6.42 Å². The molecule has 0 aromatic heterocycles. The van der Waals surface area contributed by atoms with Gasteiger partial charge in [0.2, 0.25) is 94.5 Å². The quantitative estimate of drug-likeness (QED) is 0.0269. The molecule has 107 heavy (non-hydrogen) atoms. The maximum Gasteiger partial charge on any atom is 0.326 e. The summed E-state index contributed by atoms with van der Waals surface area (Å²) in [5.41, 5.74) is 5.59. The first-order valence-electron chi connectivity index (χ1n) is 34.2. The Kier molecular flexibility index (Phi) is 43.9. The molecule has 0 saturated carbocycles. The molecule has 0 heterocycles. The summed E-state index contributed by atoms with van der Waals surface area (Å²) in [6.45, 7) is 11.2.